The second-order valence-electron chi connectivity index (χ2n) is 5.16. The fraction of sp³-hybridized carbons (Fsp3) is 0.118. The van der Waals surface area contributed by atoms with Crippen molar-refractivity contribution in [1.82, 2.24) is 15.0 Å². The van der Waals surface area contributed by atoms with E-state index in [2.05, 4.69) is 25.3 Å². The van der Waals surface area contributed by atoms with E-state index in [9.17, 15) is 4.79 Å². The molecule has 0 aliphatic heterocycles. The number of nitrogens with two attached hydrogens (primary N) is 1. The van der Waals surface area contributed by atoms with Crippen LogP contribution in [0.15, 0.2) is 52.5 Å². The molecule has 0 aliphatic rings. The fourth-order valence-electron chi connectivity index (χ4n) is 2.40. The molecule has 0 radical (unpaired) electrons. The molecule has 0 saturated carbocycles. The highest BCUT2D eigenvalue weighted by Gasteiger charge is 2.15. The van der Waals surface area contributed by atoms with E-state index < -0.39 is 0 Å². The number of carbonyl (C=O) groups is 1. The van der Waals surface area contributed by atoms with E-state index in [-0.39, 0.29) is 11.9 Å². The predicted octanol–water partition coefficient (Wildman–Crippen LogP) is 2.07. The average molecular weight is 336 g/mol. The first kappa shape index (κ1) is 16.3. The van der Waals surface area contributed by atoms with E-state index in [4.69, 9.17) is 10.2 Å². The number of hydrogen-bond acceptors (Lipinski definition) is 7. The highest BCUT2D eigenvalue weighted by molar-refractivity contribution is 6.16. The monoisotopic (exact) mass is 336 g/mol. The number of anilines is 2. The number of nitrogens with one attached hydrogen (secondary N) is 1. The van der Waals surface area contributed by atoms with Crippen LogP contribution in [-0.4, -0.2) is 33.6 Å². The minimum atomic E-state index is -0.317. The molecule has 8 heteroatoms. The van der Waals surface area contributed by atoms with Gasteiger partial charge in [-0.25, -0.2) is 15.0 Å². The number of aromatic nitrogens is 3. The van der Waals surface area contributed by atoms with Gasteiger partial charge in [0.1, 0.15) is 18.4 Å². The van der Waals surface area contributed by atoms with Crippen molar-refractivity contribution in [2.24, 2.45) is 4.99 Å². The van der Waals surface area contributed by atoms with Gasteiger partial charge in [-0.05, 0) is 19.1 Å². The normalized spacial score (nSPS) is 11.4. The third kappa shape index (κ3) is 3.37. The molecule has 0 atom stereocenters. The van der Waals surface area contributed by atoms with Crippen molar-refractivity contribution in [2.45, 2.75) is 6.92 Å². The first-order valence-electron chi connectivity index (χ1n) is 7.45. The second kappa shape index (κ2) is 6.91. The summed E-state index contributed by atoms with van der Waals surface area (Å²) < 4.78 is 5.00. The van der Waals surface area contributed by atoms with Crippen molar-refractivity contribution in [2.75, 3.05) is 18.1 Å². The third-order valence-electron chi connectivity index (χ3n) is 3.60. The fourth-order valence-corrected chi connectivity index (χ4v) is 2.40. The van der Waals surface area contributed by atoms with Gasteiger partial charge in [-0.2, -0.15) is 0 Å². The van der Waals surface area contributed by atoms with Crippen LogP contribution in [0.2, 0.25) is 0 Å². The first-order valence-corrected chi connectivity index (χ1v) is 7.45. The van der Waals surface area contributed by atoms with Crippen LogP contribution in [-0.2, 0) is 0 Å². The highest BCUT2D eigenvalue weighted by Crippen LogP contribution is 2.19. The Morgan fingerprint density at radius 2 is 1.88 bits per heavy atom. The number of rotatable bonds is 4. The van der Waals surface area contributed by atoms with E-state index in [1.165, 1.54) is 18.8 Å². The van der Waals surface area contributed by atoms with Gasteiger partial charge in [-0.3, -0.25) is 15.1 Å². The molecule has 3 N–H and O–H groups in total. The number of amides is 1. The zero-order chi connectivity index (χ0) is 17.8. The van der Waals surface area contributed by atoms with Crippen LogP contribution < -0.4 is 11.1 Å². The van der Waals surface area contributed by atoms with Crippen LogP contribution in [0.1, 0.15) is 27.2 Å². The number of nitrogen functional groups attached to an aromatic ring is 1. The van der Waals surface area contributed by atoms with E-state index in [0.717, 1.165) is 11.3 Å². The lowest BCUT2D eigenvalue weighted by atomic mass is 10.00. The van der Waals surface area contributed by atoms with E-state index in [0.29, 0.717) is 22.7 Å². The summed E-state index contributed by atoms with van der Waals surface area (Å²) in [6.07, 6.45) is 4.26. The molecule has 126 valence electrons. The van der Waals surface area contributed by atoms with Gasteiger partial charge in [0.25, 0.3) is 5.91 Å². The van der Waals surface area contributed by atoms with Crippen LogP contribution in [0.3, 0.4) is 0 Å². The number of oxazole rings is 1. The lowest BCUT2D eigenvalue weighted by molar-refractivity contribution is 0.102. The van der Waals surface area contributed by atoms with Crippen LogP contribution in [0, 0.1) is 6.92 Å². The number of benzene rings is 1. The smallest absolute Gasteiger partial charge is 0.301 e. The Morgan fingerprint density at radius 1 is 1.16 bits per heavy atom. The summed E-state index contributed by atoms with van der Waals surface area (Å²) in [5, 5.41) is 2.56. The Bertz CT molecular complexity index is 897. The minimum Gasteiger partial charge on any atom is -0.432 e. The van der Waals surface area contributed by atoms with Gasteiger partial charge in [0.15, 0.2) is 0 Å². The molecule has 0 bridgehead atoms. The zero-order valence-electron chi connectivity index (χ0n) is 13.7. The molecule has 1 amide bonds. The summed E-state index contributed by atoms with van der Waals surface area (Å²) in [4.78, 5) is 28.5. The largest absolute Gasteiger partial charge is 0.432 e. The molecular formula is C17H16N6O2. The molecule has 0 aliphatic carbocycles. The molecule has 0 unspecified atom stereocenters. The summed E-state index contributed by atoms with van der Waals surface area (Å²) >= 11 is 0. The molecular weight excluding hydrogens is 320 g/mol. The molecule has 3 rings (SSSR count). The number of carbonyl (C=O) groups excluding carboxylic acids is 1. The molecule has 25 heavy (non-hydrogen) atoms. The van der Waals surface area contributed by atoms with Gasteiger partial charge in [0.2, 0.25) is 0 Å². The molecule has 0 spiro atoms. The van der Waals surface area contributed by atoms with Gasteiger partial charge in [-0.15, -0.1) is 0 Å². The maximum atomic E-state index is 12.2. The Kier molecular flexibility index (Phi) is 4.51. The molecule has 0 saturated heterocycles. The Labute approximate surface area is 143 Å². The van der Waals surface area contributed by atoms with Crippen molar-refractivity contribution in [3.05, 3.63) is 65.4 Å². The van der Waals surface area contributed by atoms with Gasteiger partial charge < -0.3 is 10.2 Å². The summed E-state index contributed by atoms with van der Waals surface area (Å²) in [5.41, 5.74) is 9.32. The van der Waals surface area contributed by atoms with Gasteiger partial charge in [-0.1, -0.05) is 12.1 Å². The molecule has 2 heterocycles. The topological polar surface area (TPSA) is 119 Å². The molecule has 3 aromatic rings. The summed E-state index contributed by atoms with van der Waals surface area (Å²) in [5.74, 6) is 0.0431. The van der Waals surface area contributed by atoms with E-state index >= 15 is 0 Å². The first-order chi connectivity index (χ1) is 12.1. The van der Waals surface area contributed by atoms with Gasteiger partial charge >= 0.3 is 6.01 Å². The highest BCUT2D eigenvalue weighted by atomic mass is 16.4. The average Bonchev–Trinajstić information content (AvgIpc) is 3.11. The number of nitrogens with zero attached hydrogens (tertiary/aromatic N) is 4. The SMILES string of the molecule is CN=C(c1ccc(C(=O)Nc2ncco2)cc1)c1c(C)ncnc1N. The van der Waals surface area contributed by atoms with E-state index in [1.54, 1.807) is 31.3 Å². The minimum absolute atomic E-state index is 0.148. The Balaban J connectivity index is 1.87. The number of aryl methyl sites for hydroxylation is 1. The molecule has 1 aromatic carbocycles. The van der Waals surface area contributed by atoms with Crippen molar-refractivity contribution >= 4 is 23.5 Å². The standard InChI is InChI=1S/C17H16N6O2/c1-10-13(15(18)22-9-21-10)14(19-2)11-3-5-12(6-4-11)16(24)23-17-20-7-8-25-17/h3-9H,1-2H3,(H2,18,21,22)(H,20,23,24). The third-order valence-corrected chi connectivity index (χ3v) is 3.60. The predicted molar refractivity (Wildman–Crippen MR) is 93.6 cm³/mol. The second-order valence-corrected chi connectivity index (χ2v) is 5.16. The lowest BCUT2D eigenvalue weighted by Gasteiger charge is -2.11. The Morgan fingerprint density at radius 3 is 2.48 bits per heavy atom. The number of aliphatic imine (C=N–C) groups is 1. The summed E-state index contributed by atoms with van der Waals surface area (Å²) in [6.45, 7) is 1.84. The van der Waals surface area contributed by atoms with Crippen molar-refractivity contribution < 1.29 is 9.21 Å². The quantitative estimate of drug-likeness (QED) is 0.704. The van der Waals surface area contributed by atoms with Crippen LogP contribution in [0.25, 0.3) is 0 Å². The van der Waals surface area contributed by atoms with Crippen molar-refractivity contribution in [3.63, 3.8) is 0 Å². The van der Waals surface area contributed by atoms with E-state index in [1.807, 2.05) is 6.92 Å². The molecule has 0 fully saturated rings. The maximum Gasteiger partial charge on any atom is 0.301 e. The molecule has 2 aromatic heterocycles. The zero-order valence-corrected chi connectivity index (χ0v) is 13.7. The van der Waals surface area contributed by atoms with Gasteiger partial charge in [0.05, 0.1) is 23.2 Å². The molecule has 8 nitrogen and oxygen atoms in total. The van der Waals surface area contributed by atoms with Crippen LogP contribution in [0.5, 0.6) is 0 Å². The van der Waals surface area contributed by atoms with Crippen molar-refractivity contribution in [1.29, 1.82) is 0 Å². The summed E-state index contributed by atoms with van der Waals surface area (Å²) in [7, 11) is 1.67. The Hall–Kier alpha value is -3.55. The maximum absolute atomic E-state index is 12.2. The number of hydrogen-bond donors (Lipinski definition) is 2. The van der Waals surface area contributed by atoms with Crippen LogP contribution in [0.4, 0.5) is 11.8 Å². The lowest BCUT2D eigenvalue weighted by Crippen LogP contribution is -2.14. The van der Waals surface area contributed by atoms with Crippen molar-refractivity contribution in [3.8, 4) is 0 Å². The van der Waals surface area contributed by atoms with Gasteiger partial charge in [0, 0.05) is 18.2 Å². The van der Waals surface area contributed by atoms with Crippen LogP contribution >= 0.6 is 0 Å². The summed E-state index contributed by atoms with van der Waals surface area (Å²) in [6, 6.07) is 7.11.